The molecule has 1 aromatic carbocycles. The maximum atomic E-state index is 10.6. The molecule has 0 aromatic heterocycles. The van der Waals surface area contributed by atoms with Gasteiger partial charge in [-0.25, -0.2) is 4.79 Å². The summed E-state index contributed by atoms with van der Waals surface area (Å²) in [4.78, 5) is 10.6. The minimum Gasteiger partial charge on any atom is -0.478 e. The number of aliphatic hydroxyl groups is 1. The van der Waals surface area contributed by atoms with Gasteiger partial charge in [0.05, 0.1) is 0 Å². The van der Waals surface area contributed by atoms with E-state index in [1.165, 1.54) is 0 Å². The molecule has 0 bridgehead atoms. The van der Waals surface area contributed by atoms with Gasteiger partial charge in [-0.15, -0.1) is 0 Å². The molecule has 0 heterocycles. The SMILES string of the molecule is CC(=Cc1ccc(CCO)cc1)C(=O)O. The number of carbonyl (C=O) groups is 1. The molecule has 0 aliphatic carbocycles. The summed E-state index contributed by atoms with van der Waals surface area (Å²) in [6.45, 7) is 1.69. The summed E-state index contributed by atoms with van der Waals surface area (Å²) in [6.07, 6.45) is 2.24. The molecule has 3 nitrogen and oxygen atoms in total. The molecule has 80 valence electrons. The van der Waals surface area contributed by atoms with Crippen molar-refractivity contribution in [2.75, 3.05) is 6.61 Å². The Balaban J connectivity index is 2.80. The fourth-order valence-electron chi connectivity index (χ4n) is 1.22. The summed E-state index contributed by atoms with van der Waals surface area (Å²) in [5.74, 6) is -0.908. The summed E-state index contributed by atoms with van der Waals surface area (Å²) >= 11 is 0. The third-order valence-corrected chi connectivity index (χ3v) is 2.10. The average Bonchev–Trinajstić information content (AvgIpc) is 2.21. The Morgan fingerprint density at radius 3 is 2.40 bits per heavy atom. The van der Waals surface area contributed by atoms with Crippen LogP contribution in [0.25, 0.3) is 6.08 Å². The van der Waals surface area contributed by atoms with E-state index in [1.54, 1.807) is 13.0 Å². The minimum absolute atomic E-state index is 0.128. The molecule has 0 unspecified atom stereocenters. The molecule has 0 aliphatic rings. The highest BCUT2D eigenvalue weighted by Crippen LogP contribution is 2.09. The Morgan fingerprint density at radius 2 is 1.93 bits per heavy atom. The highest BCUT2D eigenvalue weighted by atomic mass is 16.4. The van der Waals surface area contributed by atoms with Crippen LogP contribution in [0.3, 0.4) is 0 Å². The van der Waals surface area contributed by atoms with E-state index in [-0.39, 0.29) is 6.61 Å². The van der Waals surface area contributed by atoms with E-state index >= 15 is 0 Å². The van der Waals surface area contributed by atoms with Gasteiger partial charge in [-0.2, -0.15) is 0 Å². The predicted octanol–water partition coefficient (Wildman–Crippen LogP) is 1.71. The zero-order valence-corrected chi connectivity index (χ0v) is 8.60. The molecule has 1 rings (SSSR count). The predicted molar refractivity (Wildman–Crippen MR) is 58.5 cm³/mol. The van der Waals surface area contributed by atoms with E-state index in [2.05, 4.69) is 0 Å². The van der Waals surface area contributed by atoms with Crippen LogP contribution >= 0.6 is 0 Å². The summed E-state index contributed by atoms with van der Waals surface area (Å²) in [7, 11) is 0. The first-order valence-corrected chi connectivity index (χ1v) is 4.75. The van der Waals surface area contributed by atoms with Crippen molar-refractivity contribution in [3.05, 3.63) is 41.0 Å². The second-order valence-corrected chi connectivity index (χ2v) is 3.35. The van der Waals surface area contributed by atoms with Crippen molar-refractivity contribution in [1.29, 1.82) is 0 Å². The smallest absolute Gasteiger partial charge is 0.331 e. The van der Waals surface area contributed by atoms with Crippen LogP contribution in [0, 0.1) is 0 Å². The average molecular weight is 206 g/mol. The zero-order chi connectivity index (χ0) is 11.3. The van der Waals surface area contributed by atoms with Gasteiger partial charge in [-0.3, -0.25) is 0 Å². The standard InChI is InChI=1S/C12H14O3/c1-9(12(14)15)8-11-4-2-10(3-5-11)6-7-13/h2-5,8,13H,6-7H2,1H3,(H,14,15). The normalized spacial score (nSPS) is 11.5. The van der Waals surface area contributed by atoms with Crippen LogP contribution < -0.4 is 0 Å². The molecule has 0 atom stereocenters. The highest BCUT2D eigenvalue weighted by molar-refractivity contribution is 5.91. The molecule has 0 aliphatic heterocycles. The quantitative estimate of drug-likeness (QED) is 0.737. The van der Waals surface area contributed by atoms with Crippen LogP contribution in [0.4, 0.5) is 0 Å². The van der Waals surface area contributed by atoms with Gasteiger partial charge in [0.2, 0.25) is 0 Å². The lowest BCUT2D eigenvalue weighted by Gasteiger charge is -1.99. The second kappa shape index (κ2) is 5.32. The third-order valence-electron chi connectivity index (χ3n) is 2.10. The van der Waals surface area contributed by atoms with Gasteiger partial charge < -0.3 is 10.2 Å². The van der Waals surface area contributed by atoms with Crippen molar-refractivity contribution in [2.45, 2.75) is 13.3 Å². The first-order chi connectivity index (χ1) is 7.13. The molecule has 0 amide bonds. The van der Waals surface area contributed by atoms with Crippen LogP contribution in [0.5, 0.6) is 0 Å². The number of aliphatic carboxylic acids is 1. The number of aliphatic hydroxyl groups excluding tert-OH is 1. The topological polar surface area (TPSA) is 57.5 Å². The van der Waals surface area contributed by atoms with Crippen LogP contribution in [0.15, 0.2) is 29.8 Å². The summed E-state index contributed by atoms with van der Waals surface area (Å²) in [5, 5.41) is 17.4. The Bertz CT molecular complexity index is 363. The highest BCUT2D eigenvalue weighted by Gasteiger charge is 1.99. The van der Waals surface area contributed by atoms with Crippen LogP contribution in [0.2, 0.25) is 0 Å². The molecule has 1 aromatic rings. The number of hydrogen-bond donors (Lipinski definition) is 2. The Morgan fingerprint density at radius 1 is 1.33 bits per heavy atom. The summed E-state index contributed by atoms with van der Waals surface area (Å²) < 4.78 is 0. The Kier molecular flexibility index (Phi) is 4.06. The molecule has 15 heavy (non-hydrogen) atoms. The van der Waals surface area contributed by atoms with Gasteiger partial charge in [-0.1, -0.05) is 24.3 Å². The third kappa shape index (κ3) is 3.56. The van der Waals surface area contributed by atoms with Gasteiger partial charge in [0.15, 0.2) is 0 Å². The maximum absolute atomic E-state index is 10.6. The van der Waals surface area contributed by atoms with E-state index in [0.717, 1.165) is 11.1 Å². The van der Waals surface area contributed by atoms with Gasteiger partial charge in [0.25, 0.3) is 0 Å². The van der Waals surface area contributed by atoms with Gasteiger partial charge in [0.1, 0.15) is 0 Å². The van der Waals surface area contributed by atoms with Crippen LogP contribution in [-0.2, 0) is 11.2 Å². The fraction of sp³-hybridized carbons (Fsp3) is 0.250. The van der Waals surface area contributed by atoms with Crippen molar-refractivity contribution < 1.29 is 15.0 Å². The first kappa shape index (κ1) is 11.5. The summed E-state index contributed by atoms with van der Waals surface area (Å²) in [6, 6.07) is 7.46. The zero-order valence-electron chi connectivity index (χ0n) is 8.60. The van der Waals surface area contributed by atoms with Crippen LogP contribution in [0.1, 0.15) is 18.1 Å². The molecule has 3 heteroatoms. The van der Waals surface area contributed by atoms with Crippen molar-refractivity contribution in [2.24, 2.45) is 0 Å². The Hall–Kier alpha value is -1.61. The minimum atomic E-state index is -0.908. The van der Waals surface area contributed by atoms with Gasteiger partial charge >= 0.3 is 5.97 Å². The van der Waals surface area contributed by atoms with Crippen molar-refractivity contribution in [3.63, 3.8) is 0 Å². The van der Waals surface area contributed by atoms with E-state index < -0.39 is 5.97 Å². The van der Waals surface area contributed by atoms with Gasteiger partial charge in [0, 0.05) is 12.2 Å². The molecule has 2 N–H and O–H groups in total. The lowest BCUT2D eigenvalue weighted by Crippen LogP contribution is -1.95. The monoisotopic (exact) mass is 206 g/mol. The second-order valence-electron chi connectivity index (χ2n) is 3.35. The Labute approximate surface area is 88.7 Å². The number of rotatable bonds is 4. The molecular formula is C12H14O3. The fourth-order valence-corrected chi connectivity index (χ4v) is 1.22. The van der Waals surface area contributed by atoms with E-state index in [9.17, 15) is 4.79 Å². The number of carboxylic acids is 1. The van der Waals surface area contributed by atoms with Crippen molar-refractivity contribution >= 4 is 12.0 Å². The van der Waals surface area contributed by atoms with Crippen molar-refractivity contribution in [3.8, 4) is 0 Å². The summed E-state index contributed by atoms with van der Waals surface area (Å²) in [5.41, 5.74) is 2.21. The maximum Gasteiger partial charge on any atom is 0.331 e. The largest absolute Gasteiger partial charge is 0.478 e. The van der Waals surface area contributed by atoms with E-state index in [0.29, 0.717) is 12.0 Å². The van der Waals surface area contributed by atoms with Gasteiger partial charge in [-0.05, 0) is 30.5 Å². The van der Waals surface area contributed by atoms with Crippen molar-refractivity contribution in [1.82, 2.24) is 0 Å². The molecule has 0 saturated heterocycles. The van der Waals surface area contributed by atoms with Crippen LogP contribution in [-0.4, -0.2) is 22.8 Å². The number of benzene rings is 1. The van der Waals surface area contributed by atoms with E-state index in [1.807, 2.05) is 24.3 Å². The molecular weight excluding hydrogens is 192 g/mol. The first-order valence-electron chi connectivity index (χ1n) is 4.75. The lowest BCUT2D eigenvalue weighted by atomic mass is 10.1. The molecule has 0 saturated carbocycles. The number of hydrogen-bond acceptors (Lipinski definition) is 2. The molecule has 0 fully saturated rings. The lowest BCUT2D eigenvalue weighted by molar-refractivity contribution is -0.132. The van der Waals surface area contributed by atoms with E-state index in [4.69, 9.17) is 10.2 Å². The molecule has 0 radical (unpaired) electrons. The number of carboxylic acid groups (broad SMARTS) is 1. The molecule has 0 spiro atoms.